The maximum atomic E-state index is 12.2. The molecule has 1 rings (SSSR count). The molecule has 0 radical (unpaired) electrons. The molecule has 0 aromatic heterocycles. The maximum absolute atomic E-state index is 12.2. The fraction of sp³-hybridized carbons (Fsp3) is 0.462. The lowest BCUT2D eigenvalue weighted by Crippen LogP contribution is -2.32. The van der Waals surface area contributed by atoms with Crippen molar-refractivity contribution in [1.29, 1.82) is 0 Å². The first-order valence-electron chi connectivity index (χ1n) is 5.82. The summed E-state index contributed by atoms with van der Waals surface area (Å²) in [6, 6.07) is 4.97. The highest BCUT2D eigenvalue weighted by Gasteiger charge is 2.15. The van der Waals surface area contributed by atoms with Crippen molar-refractivity contribution < 1.29 is 14.6 Å². The average Bonchev–Trinajstić information content (AvgIpc) is 2.38. The molecular formula is C13H18ClNO3. The molecule has 0 spiro atoms. The number of Topliss-reactive ketones (excluding diaryl/α,β-unsaturated/α-hetero) is 1. The zero-order valence-corrected chi connectivity index (χ0v) is 11.4. The Morgan fingerprint density at radius 1 is 1.50 bits per heavy atom. The molecule has 0 atom stereocenters. The van der Waals surface area contributed by atoms with Crippen molar-refractivity contribution in [1.82, 2.24) is 4.90 Å². The molecule has 0 aliphatic heterocycles. The second-order valence-corrected chi connectivity index (χ2v) is 4.30. The SMILES string of the molecule is CCN(CCO)CC(=O)c1cc(Cl)ccc1OC. The zero-order valence-electron chi connectivity index (χ0n) is 10.6. The highest BCUT2D eigenvalue weighted by atomic mass is 35.5. The number of nitrogens with zero attached hydrogens (tertiary/aromatic N) is 1. The second kappa shape index (κ2) is 7.36. The molecule has 4 nitrogen and oxygen atoms in total. The lowest BCUT2D eigenvalue weighted by atomic mass is 10.1. The van der Waals surface area contributed by atoms with Gasteiger partial charge in [-0.1, -0.05) is 18.5 Å². The van der Waals surface area contributed by atoms with E-state index in [-0.39, 0.29) is 18.9 Å². The molecule has 0 aliphatic carbocycles. The van der Waals surface area contributed by atoms with Crippen LogP contribution in [0.3, 0.4) is 0 Å². The summed E-state index contributed by atoms with van der Waals surface area (Å²) >= 11 is 5.89. The summed E-state index contributed by atoms with van der Waals surface area (Å²) in [4.78, 5) is 14.0. The van der Waals surface area contributed by atoms with E-state index in [1.54, 1.807) is 18.2 Å². The maximum Gasteiger partial charge on any atom is 0.180 e. The lowest BCUT2D eigenvalue weighted by molar-refractivity contribution is 0.0916. The Labute approximate surface area is 112 Å². The fourth-order valence-corrected chi connectivity index (χ4v) is 1.85. The first kappa shape index (κ1) is 15.0. The van der Waals surface area contributed by atoms with Gasteiger partial charge in [0.15, 0.2) is 5.78 Å². The van der Waals surface area contributed by atoms with Crippen LogP contribution in [0.15, 0.2) is 18.2 Å². The van der Waals surface area contributed by atoms with Crippen LogP contribution in [0.4, 0.5) is 0 Å². The summed E-state index contributed by atoms with van der Waals surface area (Å²) in [6.45, 7) is 3.40. The number of rotatable bonds is 7. The van der Waals surface area contributed by atoms with Gasteiger partial charge < -0.3 is 9.84 Å². The number of hydrogen-bond donors (Lipinski definition) is 1. The van der Waals surface area contributed by atoms with Crippen molar-refractivity contribution in [3.63, 3.8) is 0 Å². The fourth-order valence-electron chi connectivity index (χ4n) is 1.68. The van der Waals surface area contributed by atoms with Gasteiger partial charge in [0.2, 0.25) is 0 Å². The molecule has 0 unspecified atom stereocenters. The van der Waals surface area contributed by atoms with Crippen molar-refractivity contribution in [2.24, 2.45) is 0 Å². The van der Waals surface area contributed by atoms with Gasteiger partial charge in [0.1, 0.15) is 5.75 Å². The molecule has 0 bridgehead atoms. The monoisotopic (exact) mass is 271 g/mol. The van der Waals surface area contributed by atoms with Crippen LogP contribution in [0.2, 0.25) is 5.02 Å². The molecule has 1 N–H and O–H groups in total. The quantitative estimate of drug-likeness (QED) is 0.769. The number of aliphatic hydroxyl groups excluding tert-OH is 1. The van der Waals surface area contributed by atoms with Crippen LogP contribution >= 0.6 is 11.6 Å². The minimum absolute atomic E-state index is 0.0355. The zero-order chi connectivity index (χ0) is 13.5. The van der Waals surface area contributed by atoms with E-state index in [1.807, 2.05) is 11.8 Å². The van der Waals surface area contributed by atoms with E-state index in [1.165, 1.54) is 7.11 Å². The first-order chi connectivity index (χ1) is 8.62. The number of carbonyl (C=O) groups excluding carboxylic acids is 1. The minimum Gasteiger partial charge on any atom is -0.496 e. The second-order valence-electron chi connectivity index (χ2n) is 3.86. The van der Waals surface area contributed by atoms with Crippen molar-refractivity contribution in [3.05, 3.63) is 28.8 Å². The molecule has 0 saturated heterocycles. The third-order valence-corrected chi connectivity index (χ3v) is 2.93. The highest BCUT2D eigenvalue weighted by molar-refractivity contribution is 6.31. The van der Waals surface area contributed by atoms with E-state index in [9.17, 15) is 4.79 Å². The van der Waals surface area contributed by atoms with Gasteiger partial charge in [0, 0.05) is 11.6 Å². The van der Waals surface area contributed by atoms with Gasteiger partial charge in [-0.25, -0.2) is 0 Å². The molecule has 1 aromatic rings. The van der Waals surface area contributed by atoms with Crippen LogP contribution in [0.1, 0.15) is 17.3 Å². The van der Waals surface area contributed by atoms with E-state index in [4.69, 9.17) is 21.4 Å². The normalized spacial score (nSPS) is 10.7. The van der Waals surface area contributed by atoms with Crippen molar-refractivity contribution in [3.8, 4) is 5.75 Å². The number of carbonyl (C=O) groups is 1. The Bertz CT molecular complexity index is 409. The molecular weight excluding hydrogens is 254 g/mol. The number of hydrogen-bond acceptors (Lipinski definition) is 4. The van der Waals surface area contributed by atoms with E-state index < -0.39 is 0 Å². The topological polar surface area (TPSA) is 49.8 Å². The van der Waals surface area contributed by atoms with E-state index in [0.29, 0.717) is 29.4 Å². The van der Waals surface area contributed by atoms with Gasteiger partial charge in [-0.15, -0.1) is 0 Å². The van der Waals surface area contributed by atoms with E-state index in [0.717, 1.165) is 0 Å². The molecule has 0 aliphatic rings. The molecule has 100 valence electrons. The number of ketones is 1. The van der Waals surface area contributed by atoms with Gasteiger partial charge in [-0.05, 0) is 24.7 Å². The van der Waals surface area contributed by atoms with Gasteiger partial charge in [-0.3, -0.25) is 9.69 Å². The smallest absolute Gasteiger partial charge is 0.180 e. The Morgan fingerprint density at radius 2 is 2.22 bits per heavy atom. The Kier molecular flexibility index (Phi) is 6.12. The van der Waals surface area contributed by atoms with Crippen LogP contribution < -0.4 is 4.74 Å². The summed E-state index contributed by atoms with van der Waals surface area (Å²) in [5.41, 5.74) is 0.474. The van der Waals surface area contributed by atoms with Crippen molar-refractivity contribution >= 4 is 17.4 Å². The highest BCUT2D eigenvalue weighted by Crippen LogP contribution is 2.23. The molecule has 0 saturated carbocycles. The first-order valence-corrected chi connectivity index (χ1v) is 6.20. The third kappa shape index (κ3) is 3.98. The number of likely N-dealkylation sites (N-methyl/N-ethyl adjacent to an activating group) is 1. The third-order valence-electron chi connectivity index (χ3n) is 2.69. The standard InChI is InChI=1S/C13H18ClNO3/c1-3-15(6-7-16)9-12(17)11-8-10(14)4-5-13(11)18-2/h4-5,8,16H,3,6-7,9H2,1-2H3. The number of benzene rings is 1. The van der Waals surface area contributed by atoms with Gasteiger partial charge in [-0.2, -0.15) is 0 Å². The number of methoxy groups -OCH3 is 1. The Balaban J connectivity index is 2.85. The Hall–Kier alpha value is -1.10. The summed E-state index contributed by atoms with van der Waals surface area (Å²) in [6.07, 6.45) is 0. The van der Waals surface area contributed by atoms with Crippen LogP contribution in [-0.2, 0) is 0 Å². The summed E-state index contributed by atoms with van der Waals surface area (Å²) in [7, 11) is 1.52. The van der Waals surface area contributed by atoms with Crippen LogP contribution in [0.25, 0.3) is 0 Å². The summed E-state index contributed by atoms with van der Waals surface area (Å²) in [5, 5.41) is 9.40. The molecule has 0 amide bonds. The number of halogens is 1. The molecule has 0 heterocycles. The van der Waals surface area contributed by atoms with E-state index >= 15 is 0 Å². The van der Waals surface area contributed by atoms with E-state index in [2.05, 4.69) is 0 Å². The largest absolute Gasteiger partial charge is 0.496 e. The van der Waals surface area contributed by atoms with Crippen LogP contribution in [0, 0.1) is 0 Å². The van der Waals surface area contributed by atoms with Gasteiger partial charge in [0.25, 0.3) is 0 Å². The van der Waals surface area contributed by atoms with Crippen molar-refractivity contribution in [2.75, 3.05) is 33.4 Å². The van der Waals surface area contributed by atoms with Crippen LogP contribution in [0.5, 0.6) is 5.75 Å². The Morgan fingerprint density at radius 3 is 2.78 bits per heavy atom. The van der Waals surface area contributed by atoms with Crippen LogP contribution in [-0.4, -0.2) is 49.1 Å². The molecule has 5 heteroatoms. The van der Waals surface area contributed by atoms with Crippen molar-refractivity contribution in [2.45, 2.75) is 6.92 Å². The molecule has 18 heavy (non-hydrogen) atoms. The number of ether oxygens (including phenoxy) is 1. The molecule has 0 fully saturated rings. The van der Waals surface area contributed by atoms with Gasteiger partial charge >= 0.3 is 0 Å². The number of aliphatic hydroxyl groups is 1. The average molecular weight is 272 g/mol. The summed E-state index contributed by atoms with van der Waals surface area (Å²) < 4.78 is 5.15. The van der Waals surface area contributed by atoms with Gasteiger partial charge in [0.05, 0.1) is 25.8 Å². The minimum atomic E-state index is -0.0651. The lowest BCUT2D eigenvalue weighted by Gasteiger charge is -2.18. The predicted octanol–water partition coefficient (Wildman–Crippen LogP) is 1.85. The molecule has 1 aromatic carbocycles. The predicted molar refractivity (Wildman–Crippen MR) is 71.5 cm³/mol. The summed E-state index contributed by atoms with van der Waals surface area (Å²) in [5.74, 6) is 0.453.